The van der Waals surface area contributed by atoms with E-state index in [1.807, 2.05) is 0 Å². The minimum Gasteiger partial charge on any atom is -0.367 e. The van der Waals surface area contributed by atoms with Crippen LogP contribution in [0.1, 0.15) is 54.9 Å². The van der Waals surface area contributed by atoms with Crippen LogP contribution in [0.3, 0.4) is 0 Å². The predicted octanol–water partition coefficient (Wildman–Crippen LogP) is 3.92. The van der Waals surface area contributed by atoms with Crippen molar-refractivity contribution in [2.75, 3.05) is 19.4 Å². The summed E-state index contributed by atoms with van der Waals surface area (Å²) in [6, 6.07) is 3.55. The molecule has 0 saturated heterocycles. The second kappa shape index (κ2) is 6.89. The number of aromatic nitrogens is 2. The average Bonchev–Trinajstić information content (AvgIpc) is 3.16. The van der Waals surface area contributed by atoms with E-state index in [2.05, 4.69) is 40.3 Å². The zero-order valence-electron chi connectivity index (χ0n) is 15.0. The number of fused-ring (bicyclic) bond motifs is 3. The standard InChI is InChI=1S/C19H25N5S/c1-24(2)14-6-4-13(5-7-14)23-18-17-16-12(9-10-20)3-8-15(16)25-19(17)22-11-21-18/h11-14H,3-9H2,1-2H3,(H,21,22,23). The van der Waals surface area contributed by atoms with E-state index in [9.17, 15) is 0 Å². The molecule has 25 heavy (non-hydrogen) atoms. The third-order valence-corrected chi connectivity index (χ3v) is 7.01. The van der Waals surface area contributed by atoms with E-state index in [1.165, 1.54) is 41.5 Å². The Morgan fingerprint density at radius 3 is 2.76 bits per heavy atom. The predicted molar refractivity (Wildman–Crippen MR) is 102 cm³/mol. The molecule has 6 heteroatoms. The van der Waals surface area contributed by atoms with Crippen LogP contribution in [-0.2, 0) is 6.42 Å². The summed E-state index contributed by atoms with van der Waals surface area (Å²) < 4.78 is 0. The molecule has 1 saturated carbocycles. The number of anilines is 1. The van der Waals surface area contributed by atoms with Crippen molar-refractivity contribution in [3.8, 4) is 6.07 Å². The summed E-state index contributed by atoms with van der Waals surface area (Å²) in [6.45, 7) is 0. The van der Waals surface area contributed by atoms with E-state index >= 15 is 0 Å². The molecule has 2 heterocycles. The van der Waals surface area contributed by atoms with Crippen LogP contribution in [0, 0.1) is 11.3 Å². The van der Waals surface area contributed by atoms with Gasteiger partial charge in [-0.25, -0.2) is 9.97 Å². The highest BCUT2D eigenvalue weighted by atomic mass is 32.1. The molecule has 0 spiro atoms. The van der Waals surface area contributed by atoms with Crippen molar-refractivity contribution in [3.05, 3.63) is 16.8 Å². The normalized spacial score (nSPS) is 25.9. The maximum Gasteiger partial charge on any atom is 0.138 e. The molecule has 0 bridgehead atoms. The molecule has 2 aromatic rings. The number of nitrogens with zero attached hydrogens (tertiary/aromatic N) is 4. The van der Waals surface area contributed by atoms with Gasteiger partial charge in [0.15, 0.2) is 0 Å². The monoisotopic (exact) mass is 355 g/mol. The summed E-state index contributed by atoms with van der Waals surface area (Å²) in [4.78, 5) is 13.9. The molecule has 1 fully saturated rings. The second-order valence-electron chi connectivity index (χ2n) is 7.55. The fourth-order valence-electron chi connectivity index (χ4n) is 4.42. The van der Waals surface area contributed by atoms with Gasteiger partial charge in [-0.2, -0.15) is 5.26 Å². The highest BCUT2D eigenvalue weighted by Crippen LogP contribution is 2.46. The van der Waals surface area contributed by atoms with Crippen LogP contribution in [0.15, 0.2) is 6.33 Å². The van der Waals surface area contributed by atoms with E-state index in [1.54, 1.807) is 17.7 Å². The van der Waals surface area contributed by atoms with Crippen molar-refractivity contribution in [1.29, 1.82) is 5.26 Å². The first kappa shape index (κ1) is 16.7. The second-order valence-corrected chi connectivity index (χ2v) is 8.64. The Bertz CT molecular complexity index is 798. The molecule has 4 rings (SSSR count). The SMILES string of the molecule is CN(C)C1CCC(Nc2ncnc3sc4c(c23)C(CC#N)CC4)CC1. The lowest BCUT2D eigenvalue weighted by atomic mass is 9.90. The van der Waals surface area contributed by atoms with Gasteiger partial charge in [0, 0.05) is 23.4 Å². The van der Waals surface area contributed by atoms with Crippen molar-refractivity contribution in [3.63, 3.8) is 0 Å². The number of nitrogens with one attached hydrogen (secondary N) is 1. The highest BCUT2D eigenvalue weighted by Gasteiger charge is 2.30. The number of hydrogen-bond acceptors (Lipinski definition) is 6. The summed E-state index contributed by atoms with van der Waals surface area (Å²) in [5.41, 5.74) is 1.35. The largest absolute Gasteiger partial charge is 0.367 e. The first-order chi connectivity index (χ1) is 12.2. The molecule has 1 N–H and O–H groups in total. The Hall–Kier alpha value is -1.71. The fraction of sp³-hybridized carbons (Fsp3) is 0.632. The van der Waals surface area contributed by atoms with E-state index in [4.69, 9.17) is 5.26 Å². The molecule has 2 aromatic heterocycles. The Balaban J connectivity index is 1.60. The van der Waals surface area contributed by atoms with Crippen LogP contribution >= 0.6 is 11.3 Å². The summed E-state index contributed by atoms with van der Waals surface area (Å²) in [5, 5.41) is 14.1. The summed E-state index contributed by atoms with van der Waals surface area (Å²) >= 11 is 1.79. The van der Waals surface area contributed by atoms with Gasteiger partial charge in [-0.1, -0.05) is 0 Å². The number of aryl methyl sites for hydroxylation is 1. The Morgan fingerprint density at radius 2 is 2.04 bits per heavy atom. The van der Waals surface area contributed by atoms with Gasteiger partial charge in [0.1, 0.15) is 17.0 Å². The molecule has 0 amide bonds. The van der Waals surface area contributed by atoms with Crippen molar-refractivity contribution >= 4 is 27.4 Å². The minimum absolute atomic E-state index is 0.352. The van der Waals surface area contributed by atoms with Crippen LogP contribution < -0.4 is 5.32 Å². The van der Waals surface area contributed by atoms with E-state index in [0.717, 1.165) is 23.5 Å². The zero-order chi connectivity index (χ0) is 17.4. The van der Waals surface area contributed by atoms with Crippen molar-refractivity contribution in [2.24, 2.45) is 0 Å². The molecule has 1 atom stereocenters. The molecular weight excluding hydrogens is 330 g/mol. The topological polar surface area (TPSA) is 64.8 Å². The summed E-state index contributed by atoms with van der Waals surface area (Å²) in [5.74, 6) is 1.34. The Kier molecular flexibility index (Phi) is 4.61. The number of rotatable bonds is 4. The lowest BCUT2D eigenvalue weighted by molar-refractivity contribution is 0.221. The average molecular weight is 356 g/mol. The summed E-state index contributed by atoms with van der Waals surface area (Å²) in [7, 11) is 4.35. The first-order valence-electron chi connectivity index (χ1n) is 9.23. The Labute approximate surface area is 153 Å². The molecule has 0 radical (unpaired) electrons. The van der Waals surface area contributed by atoms with Gasteiger partial charge >= 0.3 is 0 Å². The smallest absolute Gasteiger partial charge is 0.138 e. The van der Waals surface area contributed by atoms with Gasteiger partial charge in [-0.3, -0.25) is 0 Å². The first-order valence-corrected chi connectivity index (χ1v) is 10.0. The molecular formula is C19H25N5S. The fourth-order valence-corrected chi connectivity index (χ4v) is 5.66. The molecule has 132 valence electrons. The molecule has 0 aliphatic heterocycles. The van der Waals surface area contributed by atoms with Gasteiger partial charge < -0.3 is 10.2 Å². The van der Waals surface area contributed by atoms with Crippen LogP contribution in [0.25, 0.3) is 10.2 Å². The molecule has 0 aromatic carbocycles. The minimum atomic E-state index is 0.352. The molecule has 2 aliphatic carbocycles. The number of nitriles is 1. The molecule has 2 aliphatic rings. The van der Waals surface area contributed by atoms with E-state index in [-0.39, 0.29) is 0 Å². The zero-order valence-corrected chi connectivity index (χ0v) is 15.8. The van der Waals surface area contributed by atoms with Crippen LogP contribution in [0.2, 0.25) is 0 Å². The Morgan fingerprint density at radius 1 is 1.24 bits per heavy atom. The lowest BCUT2D eigenvalue weighted by Gasteiger charge is -2.33. The maximum absolute atomic E-state index is 9.16. The van der Waals surface area contributed by atoms with Gasteiger partial charge in [-0.15, -0.1) is 11.3 Å². The summed E-state index contributed by atoms with van der Waals surface area (Å²) in [6.07, 6.45) is 9.28. The molecule has 1 unspecified atom stereocenters. The van der Waals surface area contributed by atoms with Crippen molar-refractivity contribution in [1.82, 2.24) is 14.9 Å². The van der Waals surface area contributed by atoms with Crippen LogP contribution in [0.4, 0.5) is 5.82 Å². The van der Waals surface area contributed by atoms with Crippen LogP contribution in [0.5, 0.6) is 0 Å². The highest BCUT2D eigenvalue weighted by molar-refractivity contribution is 7.19. The lowest BCUT2D eigenvalue weighted by Crippen LogP contribution is -2.36. The van der Waals surface area contributed by atoms with E-state index in [0.29, 0.717) is 24.4 Å². The third kappa shape index (κ3) is 3.11. The van der Waals surface area contributed by atoms with Gasteiger partial charge in [0.25, 0.3) is 0 Å². The molecule has 5 nitrogen and oxygen atoms in total. The number of thiophene rings is 1. The van der Waals surface area contributed by atoms with E-state index < -0.39 is 0 Å². The van der Waals surface area contributed by atoms with Gasteiger partial charge in [0.05, 0.1) is 11.5 Å². The van der Waals surface area contributed by atoms with Gasteiger partial charge in [-0.05, 0) is 64.1 Å². The van der Waals surface area contributed by atoms with Gasteiger partial charge in [0.2, 0.25) is 0 Å². The van der Waals surface area contributed by atoms with Crippen molar-refractivity contribution < 1.29 is 0 Å². The van der Waals surface area contributed by atoms with Crippen LogP contribution in [-0.4, -0.2) is 41.0 Å². The third-order valence-electron chi connectivity index (χ3n) is 5.84. The van der Waals surface area contributed by atoms with Crippen molar-refractivity contribution in [2.45, 2.75) is 62.9 Å². The maximum atomic E-state index is 9.16. The number of hydrogen-bond donors (Lipinski definition) is 1. The quantitative estimate of drug-likeness (QED) is 0.900.